The molecule has 166 valence electrons. The molecular weight excluding hydrogens is 416 g/mol. The minimum Gasteiger partial charge on any atom is -0.497 e. The summed E-state index contributed by atoms with van der Waals surface area (Å²) in [5, 5.41) is 5.18. The standard InChI is InChI=1S/C27H24N2O4/c1-31-22-12-9-19(10-13-22)16-29(17-20-11-14-25-26(15-20)33-18-32-25)27(30)28-24-8-4-6-21-5-2-3-7-23(21)24/h2-15H,16-18H2,1H3,(H,28,30). The van der Waals surface area contributed by atoms with Gasteiger partial charge in [0.15, 0.2) is 11.5 Å². The predicted molar refractivity (Wildman–Crippen MR) is 128 cm³/mol. The van der Waals surface area contributed by atoms with E-state index in [0.29, 0.717) is 18.8 Å². The first-order valence-corrected chi connectivity index (χ1v) is 10.7. The van der Waals surface area contributed by atoms with Gasteiger partial charge in [-0.3, -0.25) is 0 Å². The number of carbonyl (C=O) groups excluding carboxylic acids is 1. The number of hydrogen-bond acceptors (Lipinski definition) is 4. The molecule has 2 amide bonds. The molecule has 0 saturated carbocycles. The fraction of sp³-hybridized carbons (Fsp3) is 0.148. The summed E-state index contributed by atoms with van der Waals surface area (Å²) in [7, 11) is 1.64. The third-order valence-electron chi connectivity index (χ3n) is 5.66. The zero-order valence-electron chi connectivity index (χ0n) is 18.3. The van der Waals surface area contributed by atoms with Gasteiger partial charge in [-0.2, -0.15) is 0 Å². The van der Waals surface area contributed by atoms with Crippen molar-refractivity contribution in [3.63, 3.8) is 0 Å². The van der Waals surface area contributed by atoms with E-state index < -0.39 is 0 Å². The summed E-state index contributed by atoms with van der Waals surface area (Å²) in [6.07, 6.45) is 0. The smallest absolute Gasteiger partial charge is 0.322 e. The number of benzene rings is 4. The molecule has 0 aliphatic carbocycles. The maximum atomic E-state index is 13.5. The maximum absolute atomic E-state index is 13.5. The lowest BCUT2D eigenvalue weighted by molar-refractivity contribution is 0.174. The van der Waals surface area contributed by atoms with Crippen LogP contribution in [0.4, 0.5) is 10.5 Å². The number of urea groups is 1. The van der Waals surface area contributed by atoms with E-state index in [0.717, 1.165) is 39.1 Å². The van der Waals surface area contributed by atoms with Crippen molar-refractivity contribution in [2.75, 3.05) is 19.2 Å². The monoisotopic (exact) mass is 440 g/mol. The second kappa shape index (κ2) is 9.12. The van der Waals surface area contributed by atoms with Crippen molar-refractivity contribution in [2.45, 2.75) is 13.1 Å². The summed E-state index contributed by atoms with van der Waals surface area (Å²) >= 11 is 0. The van der Waals surface area contributed by atoms with Gasteiger partial charge in [-0.15, -0.1) is 0 Å². The zero-order chi connectivity index (χ0) is 22.6. The van der Waals surface area contributed by atoms with Crippen molar-refractivity contribution in [1.29, 1.82) is 0 Å². The lowest BCUT2D eigenvalue weighted by Gasteiger charge is -2.24. The van der Waals surface area contributed by atoms with Crippen LogP contribution in [0.15, 0.2) is 84.9 Å². The first kappa shape index (κ1) is 20.7. The van der Waals surface area contributed by atoms with Gasteiger partial charge in [0.25, 0.3) is 0 Å². The van der Waals surface area contributed by atoms with Crippen molar-refractivity contribution < 1.29 is 19.0 Å². The van der Waals surface area contributed by atoms with Crippen LogP contribution in [0.3, 0.4) is 0 Å². The number of nitrogens with one attached hydrogen (secondary N) is 1. The van der Waals surface area contributed by atoms with E-state index in [1.54, 1.807) is 12.0 Å². The van der Waals surface area contributed by atoms with Crippen LogP contribution in [0.25, 0.3) is 10.8 Å². The number of methoxy groups -OCH3 is 1. The van der Waals surface area contributed by atoms with Gasteiger partial charge in [0.2, 0.25) is 6.79 Å². The van der Waals surface area contributed by atoms with Crippen molar-refractivity contribution in [3.8, 4) is 17.2 Å². The van der Waals surface area contributed by atoms with Crippen LogP contribution >= 0.6 is 0 Å². The number of fused-ring (bicyclic) bond motifs is 2. The molecule has 6 nitrogen and oxygen atoms in total. The Bertz CT molecular complexity index is 1280. The third-order valence-corrected chi connectivity index (χ3v) is 5.66. The zero-order valence-corrected chi connectivity index (χ0v) is 18.3. The predicted octanol–water partition coefficient (Wildman–Crippen LogP) is 5.81. The van der Waals surface area contributed by atoms with E-state index in [1.165, 1.54) is 0 Å². The van der Waals surface area contributed by atoms with Crippen molar-refractivity contribution >= 4 is 22.5 Å². The van der Waals surface area contributed by atoms with Gasteiger partial charge in [0.05, 0.1) is 12.8 Å². The van der Waals surface area contributed by atoms with Crippen molar-refractivity contribution in [1.82, 2.24) is 4.90 Å². The second-order valence-electron chi connectivity index (χ2n) is 7.85. The van der Waals surface area contributed by atoms with E-state index in [-0.39, 0.29) is 12.8 Å². The van der Waals surface area contributed by atoms with Crippen LogP contribution in [0.2, 0.25) is 0 Å². The van der Waals surface area contributed by atoms with Crippen molar-refractivity contribution in [2.24, 2.45) is 0 Å². The molecule has 6 heteroatoms. The molecule has 1 aliphatic rings. The third kappa shape index (κ3) is 4.55. The van der Waals surface area contributed by atoms with Gasteiger partial charge in [0, 0.05) is 18.5 Å². The number of nitrogens with zero attached hydrogens (tertiary/aromatic N) is 1. The number of carbonyl (C=O) groups is 1. The van der Waals surface area contributed by atoms with Gasteiger partial charge in [-0.1, -0.05) is 54.6 Å². The molecule has 0 bridgehead atoms. The lowest BCUT2D eigenvalue weighted by Crippen LogP contribution is -2.34. The Balaban J connectivity index is 1.42. The number of anilines is 1. The average molecular weight is 440 g/mol. The highest BCUT2D eigenvalue weighted by Crippen LogP contribution is 2.33. The Morgan fingerprint density at radius 1 is 0.879 bits per heavy atom. The SMILES string of the molecule is COc1ccc(CN(Cc2ccc3c(c2)OCO3)C(=O)Nc2cccc3ccccc23)cc1. The first-order chi connectivity index (χ1) is 16.2. The summed E-state index contributed by atoms with van der Waals surface area (Å²) in [6.45, 7) is 1.07. The Morgan fingerprint density at radius 3 is 2.45 bits per heavy atom. The Kier molecular flexibility index (Phi) is 5.72. The fourth-order valence-electron chi connectivity index (χ4n) is 3.94. The van der Waals surface area contributed by atoms with E-state index in [1.807, 2.05) is 84.9 Å². The fourth-order valence-corrected chi connectivity index (χ4v) is 3.94. The Hall–Kier alpha value is -4.19. The van der Waals surface area contributed by atoms with Crippen LogP contribution in [0, 0.1) is 0 Å². The number of ether oxygens (including phenoxy) is 3. The molecule has 0 aromatic heterocycles. The van der Waals surface area contributed by atoms with Gasteiger partial charge < -0.3 is 24.4 Å². The minimum absolute atomic E-state index is 0.181. The molecule has 33 heavy (non-hydrogen) atoms. The Morgan fingerprint density at radius 2 is 1.61 bits per heavy atom. The Labute approximate surface area is 192 Å². The highest BCUT2D eigenvalue weighted by molar-refractivity contribution is 6.01. The molecule has 1 heterocycles. The molecule has 0 fully saturated rings. The van der Waals surface area contributed by atoms with E-state index in [2.05, 4.69) is 5.32 Å². The summed E-state index contributed by atoms with van der Waals surface area (Å²) in [6, 6.07) is 27.2. The molecule has 4 aromatic rings. The number of rotatable bonds is 6. The second-order valence-corrected chi connectivity index (χ2v) is 7.85. The normalized spacial score (nSPS) is 11.9. The molecule has 0 unspecified atom stereocenters. The molecule has 4 aromatic carbocycles. The lowest BCUT2D eigenvalue weighted by atomic mass is 10.1. The quantitative estimate of drug-likeness (QED) is 0.411. The summed E-state index contributed by atoms with van der Waals surface area (Å²) < 4.78 is 16.2. The highest BCUT2D eigenvalue weighted by Gasteiger charge is 2.19. The van der Waals surface area contributed by atoms with Gasteiger partial charge in [0.1, 0.15) is 5.75 Å². The number of hydrogen-bond donors (Lipinski definition) is 1. The van der Waals surface area contributed by atoms with E-state index in [9.17, 15) is 4.79 Å². The van der Waals surface area contributed by atoms with Crippen molar-refractivity contribution in [3.05, 3.63) is 96.1 Å². The largest absolute Gasteiger partial charge is 0.497 e. The summed E-state index contributed by atoms with van der Waals surface area (Å²) in [4.78, 5) is 15.2. The molecule has 0 atom stereocenters. The van der Waals surface area contributed by atoms with Gasteiger partial charge >= 0.3 is 6.03 Å². The minimum atomic E-state index is -0.181. The van der Waals surface area contributed by atoms with Crippen LogP contribution in [-0.2, 0) is 13.1 Å². The highest BCUT2D eigenvalue weighted by atomic mass is 16.7. The molecule has 0 saturated heterocycles. The van der Waals surface area contributed by atoms with E-state index in [4.69, 9.17) is 14.2 Å². The van der Waals surface area contributed by atoms with Gasteiger partial charge in [-0.05, 0) is 46.8 Å². The molecular formula is C27H24N2O4. The topological polar surface area (TPSA) is 60.0 Å². The molecule has 0 spiro atoms. The van der Waals surface area contributed by atoms with Crippen LogP contribution < -0.4 is 19.5 Å². The number of amides is 2. The summed E-state index contributed by atoms with van der Waals surface area (Å²) in [5.41, 5.74) is 2.74. The summed E-state index contributed by atoms with van der Waals surface area (Å²) in [5.74, 6) is 2.20. The van der Waals surface area contributed by atoms with E-state index >= 15 is 0 Å². The van der Waals surface area contributed by atoms with Gasteiger partial charge in [-0.25, -0.2) is 4.79 Å². The molecule has 1 aliphatic heterocycles. The first-order valence-electron chi connectivity index (χ1n) is 10.7. The molecule has 5 rings (SSSR count). The van der Waals surface area contributed by atoms with Crippen LogP contribution in [-0.4, -0.2) is 24.8 Å². The molecule has 0 radical (unpaired) electrons. The van der Waals surface area contributed by atoms with Crippen LogP contribution in [0.5, 0.6) is 17.2 Å². The maximum Gasteiger partial charge on any atom is 0.322 e. The average Bonchev–Trinajstić information content (AvgIpc) is 3.32. The molecule has 1 N–H and O–H groups in total. The van der Waals surface area contributed by atoms with Crippen LogP contribution in [0.1, 0.15) is 11.1 Å².